The van der Waals surface area contributed by atoms with Crippen LogP contribution in [0.15, 0.2) is 12.7 Å². The van der Waals surface area contributed by atoms with Crippen LogP contribution in [-0.4, -0.2) is 17.4 Å². The molecule has 0 aromatic carbocycles. The highest BCUT2D eigenvalue weighted by molar-refractivity contribution is 5.95. The third-order valence-electron chi connectivity index (χ3n) is 3.27. The van der Waals surface area contributed by atoms with Crippen LogP contribution in [0.3, 0.4) is 0 Å². The zero-order valence-electron chi connectivity index (χ0n) is 13.4. The average molecular weight is 282 g/mol. The van der Waals surface area contributed by atoms with E-state index in [4.69, 9.17) is 4.74 Å². The normalized spacial score (nSPS) is 11.2. The van der Waals surface area contributed by atoms with Gasteiger partial charge >= 0.3 is 5.97 Å². The number of hydrogen-bond acceptors (Lipinski definition) is 3. The first-order valence-electron chi connectivity index (χ1n) is 7.78. The Morgan fingerprint density at radius 1 is 1.05 bits per heavy atom. The monoisotopic (exact) mass is 282 g/mol. The van der Waals surface area contributed by atoms with Crippen molar-refractivity contribution in [2.75, 3.05) is 0 Å². The second kappa shape index (κ2) is 10.6. The fourth-order valence-electron chi connectivity index (χ4n) is 1.90. The number of ether oxygens (including phenoxy) is 1. The third-order valence-corrected chi connectivity index (χ3v) is 3.27. The Morgan fingerprint density at radius 2 is 1.60 bits per heavy atom. The summed E-state index contributed by atoms with van der Waals surface area (Å²) in [6, 6.07) is 0. The number of carbonyl (C=O) groups excluding carboxylic acids is 2. The zero-order chi connectivity index (χ0) is 15.4. The van der Waals surface area contributed by atoms with E-state index in [0.29, 0.717) is 6.42 Å². The van der Waals surface area contributed by atoms with Gasteiger partial charge in [-0.2, -0.15) is 0 Å². The number of unbranched alkanes of at least 4 members (excludes halogenated alkanes) is 6. The average Bonchev–Trinajstić information content (AvgIpc) is 2.37. The lowest BCUT2D eigenvalue weighted by atomic mass is 10.1. The molecule has 0 amide bonds. The van der Waals surface area contributed by atoms with Crippen molar-refractivity contribution in [2.45, 2.75) is 84.2 Å². The van der Waals surface area contributed by atoms with Gasteiger partial charge in [-0.25, -0.2) is 0 Å². The fraction of sp³-hybridized carbons (Fsp3) is 0.765. The standard InChI is InChI=1S/C17H30O3/c1-5-7-8-9-10-11-12-13-15(18)14-16(19)20-17(3,4)6-2/h6H,2,5,7-14H2,1,3-4H3. The first-order chi connectivity index (χ1) is 9.41. The minimum absolute atomic E-state index is 0.0246. The van der Waals surface area contributed by atoms with Crippen molar-refractivity contribution >= 4 is 11.8 Å². The molecule has 0 aromatic rings. The Balaban J connectivity index is 3.63. The lowest BCUT2D eigenvalue weighted by Crippen LogP contribution is -2.26. The van der Waals surface area contributed by atoms with E-state index in [9.17, 15) is 9.59 Å². The topological polar surface area (TPSA) is 43.4 Å². The highest BCUT2D eigenvalue weighted by Crippen LogP contribution is 2.13. The number of ketones is 1. The van der Waals surface area contributed by atoms with E-state index in [2.05, 4.69) is 13.5 Å². The summed E-state index contributed by atoms with van der Waals surface area (Å²) in [6.45, 7) is 9.29. The van der Waals surface area contributed by atoms with Gasteiger partial charge in [0.25, 0.3) is 0 Å². The van der Waals surface area contributed by atoms with Crippen LogP contribution in [-0.2, 0) is 14.3 Å². The molecule has 0 aliphatic heterocycles. The number of rotatable bonds is 12. The van der Waals surface area contributed by atoms with Crippen molar-refractivity contribution in [2.24, 2.45) is 0 Å². The van der Waals surface area contributed by atoms with Gasteiger partial charge in [-0.05, 0) is 26.3 Å². The maximum atomic E-state index is 11.6. The molecule has 0 atom stereocenters. The number of Topliss-reactive ketones (excluding diaryl/α,β-unsaturated/α-hetero) is 1. The van der Waals surface area contributed by atoms with Crippen molar-refractivity contribution in [3.05, 3.63) is 12.7 Å². The third kappa shape index (κ3) is 10.8. The minimum atomic E-state index is -0.698. The Morgan fingerprint density at radius 3 is 2.15 bits per heavy atom. The molecular weight excluding hydrogens is 252 g/mol. The Bertz CT molecular complexity index is 305. The summed E-state index contributed by atoms with van der Waals surface area (Å²) < 4.78 is 5.15. The molecule has 20 heavy (non-hydrogen) atoms. The lowest BCUT2D eigenvalue weighted by Gasteiger charge is -2.20. The predicted octanol–water partition coefficient (Wildman–Crippen LogP) is 4.59. The molecule has 0 N–H and O–H groups in total. The maximum absolute atomic E-state index is 11.6. The Hall–Kier alpha value is -1.12. The zero-order valence-corrected chi connectivity index (χ0v) is 13.4. The van der Waals surface area contributed by atoms with Crippen molar-refractivity contribution in [3.63, 3.8) is 0 Å². The van der Waals surface area contributed by atoms with E-state index in [1.54, 1.807) is 19.9 Å². The summed E-state index contributed by atoms with van der Waals surface area (Å²) >= 11 is 0. The van der Waals surface area contributed by atoms with Crippen molar-refractivity contribution in [3.8, 4) is 0 Å². The summed E-state index contributed by atoms with van der Waals surface area (Å²) in [6.07, 6.45) is 10.1. The fourth-order valence-corrected chi connectivity index (χ4v) is 1.90. The molecule has 0 radical (unpaired) electrons. The molecule has 3 heteroatoms. The molecule has 0 saturated heterocycles. The smallest absolute Gasteiger partial charge is 0.314 e. The number of hydrogen-bond donors (Lipinski definition) is 0. The minimum Gasteiger partial charge on any atom is -0.455 e. The van der Waals surface area contributed by atoms with Gasteiger partial charge in [-0.15, -0.1) is 0 Å². The van der Waals surface area contributed by atoms with Gasteiger partial charge < -0.3 is 4.74 Å². The molecule has 0 aliphatic rings. The number of esters is 1. The molecule has 0 fully saturated rings. The molecule has 0 aromatic heterocycles. The first-order valence-corrected chi connectivity index (χ1v) is 7.78. The van der Waals surface area contributed by atoms with Crippen molar-refractivity contribution in [1.29, 1.82) is 0 Å². The molecule has 0 bridgehead atoms. The van der Waals surface area contributed by atoms with E-state index >= 15 is 0 Å². The summed E-state index contributed by atoms with van der Waals surface area (Å²) in [7, 11) is 0. The van der Waals surface area contributed by atoms with Crippen molar-refractivity contribution in [1.82, 2.24) is 0 Å². The molecule has 3 nitrogen and oxygen atoms in total. The maximum Gasteiger partial charge on any atom is 0.314 e. The molecular formula is C17H30O3. The van der Waals surface area contributed by atoms with Crippen LogP contribution in [0, 0.1) is 0 Å². The van der Waals surface area contributed by atoms with Gasteiger partial charge in [0.05, 0.1) is 0 Å². The Kier molecular flexibility index (Phi) is 10.0. The number of carbonyl (C=O) groups is 2. The highest BCUT2D eigenvalue weighted by Gasteiger charge is 2.20. The molecule has 0 aliphatic carbocycles. The summed E-state index contributed by atoms with van der Waals surface area (Å²) in [5.41, 5.74) is -0.698. The molecule has 0 rings (SSSR count). The molecule has 0 spiro atoms. The quantitative estimate of drug-likeness (QED) is 0.227. The van der Waals surface area contributed by atoms with Crippen molar-refractivity contribution < 1.29 is 14.3 Å². The highest BCUT2D eigenvalue weighted by atomic mass is 16.6. The van der Waals surface area contributed by atoms with E-state index < -0.39 is 11.6 Å². The van der Waals surface area contributed by atoms with Crippen LogP contribution >= 0.6 is 0 Å². The van der Waals surface area contributed by atoms with Gasteiger partial charge in [0.2, 0.25) is 0 Å². The van der Waals surface area contributed by atoms with Gasteiger partial charge in [0.1, 0.15) is 17.8 Å². The molecule has 116 valence electrons. The SMILES string of the molecule is C=CC(C)(C)OC(=O)CC(=O)CCCCCCCCC. The summed E-state index contributed by atoms with van der Waals surface area (Å²) in [5, 5.41) is 0. The molecule has 0 saturated carbocycles. The van der Waals surface area contributed by atoms with Gasteiger partial charge in [-0.1, -0.05) is 52.0 Å². The lowest BCUT2D eigenvalue weighted by molar-refractivity contribution is -0.154. The summed E-state index contributed by atoms with van der Waals surface area (Å²) in [4.78, 5) is 23.2. The van der Waals surface area contributed by atoms with Crippen LogP contribution < -0.4 is 0 Å². The molecule has 0 unspecified atom stereocenters. The van der Waals surface area contributed by atoms with E-state index in [1.807, 2.05) is 0 Å². The van der Waals surface area contributed by atoms with Crippen LogP contribution in [0.4, 0.5) is 0 Å². The van der Waals surface area contributed by atoms with E-state index in [1.165, 1.54) is 32.1 Å². The summed E-state index contributed by atoms with van der Waals surface area (Å²) in [5.74, 6) is -0.480. The van der Waals surface area contributed by atoms with Crippen LogP contribution in [0.2, 0.25) is 0 Å². The van der Waals surface area contributed by atoms with Gasteiger partial charge in [0, 0.05) is 6.42 Å². The van der Waals surface area contributed by atoms with E-state index in [0.717, 1.165) is 12.8 Å². The Labute approximate surface area is 123 Å². The first kappa shape index (κ1) is 18.9. The van der Waals surface area contributed by atoms with Gasteiger partial charge in [0.15, 0.2) is 0 Å². The predicted molar refractivity (Wildman–Crippen MR) is 82.6 cm³/mol. The van der Waals surface area contributed by atoms with Crippen LogP contribution in [0.25, 0.3) is 0 Å². The largest absolute Gasteiger partial charge is 0.455 e. The second-order valence-corrected chi connectivity index (χ2v) is 5.87. The van der Waals surface area contributed by atoms with Crippen LogP contribution in [0.5, 0.6) is 0 Å². The van der Waals surface area contributed by atoms with Crippen LogP contribution in [0.1, 0.15) is 78.6 Å². The molecule has 0 heterocycles. The van der Waals surface area contributed by atoms with E-state index in [-0.39, 0.29) is 12.2 Å². The van der Waals surface area contributed by atoms with Gasteiger partial charge in [-0.3, -0.25) is 9.59 Å². The second-order valence-electron chi connectivity index (χ2n) is 5.87.